The lowest BCUT2D eigenvalue weighted by Crippen LogP contribution is -2.31. The van der Waals surface area contributed by atoms with Crippen LogP contribution in [0.2, 0.25) is 0 Å². The predicted molar refractivity (Wildman–Crippen MR) is 69.8 cm³/mol. The molecule has 0 spiro atoms. The van der Waals surface area contributed by atoms with Gasteiger partial charge in [0, 0.05) is 22.8 Å². The maximum atomic E-state index is 12.3. The number of amides is 1. The maximum absolute atomic E-state index is 12.3. The molecule has 0 fully saturated rings. The quantitative estimate of drug-likeness (QED) is 0.633. The maximum Gasteiger partial charge on any atom is 0.257 e. The first-order valence-electron chi connectivity index (χ1n) is 5.57. The van der Waals surface area contributed by atoms with Gasteiger partial charge in [0.15, 0.2) is 0 Å². The number of aromatic amines is 1. The fourth-order valence-corrected chi connectivity index (χ4v) is 1.86. The lowest BCUT2D eigenvalue weighted by molar-refractivity contribution is 0.0796. The van der Waals surface area contributed by atoms with E-state index in [4.69, 9.17) is 16.3 Å². The summed E-state index contributed by atoms with van der Waals surface area (Å²) in [5, 5.41) is 18.1. The van der Waals surface area contributed by atoms with Crippen LogP contribution in [0.15, 0.2) is 24.4 Å². The number of fused-ring (bicyclic) bond motifs is 1. The molecule has 19 heavy (non-hydrogen) atoms. The van der Waals surface area contributed by atoms with E-state index in [1.165, 1.54) is 4.90 Å². The van der Waals surface area contributed by atoms with Gasteiger partial charge in [-0.05, 0) is 18.2 Å². The van der Waals surface area contributed by atoms with E-state index in [1.807, 2.05) is 12.1 Å². The van der Waals surface area contributed by atoms with E-state index in [0.29, 0.717) is 11.3 Å². The molecule has 6 nitrogen and oxygen atoms in total. The number of H-pyrrole nitrogens is 1. The number of nitrogens with two attached hydrogens (primary N) is 1. The summed E-state index contributed by atoms with van der Waals surface area (Å²) in [4.78, 5) is 16.4. The van der Waals surface area contributed by atoms with Crippen LogP contribution >= 0.6 is 0 Å². The van der Waals surface area contributed by atoms with Crippen LogP contribution in [0.1, 0.15) is 10.4 Å². The summed E-state index contributed by atoms with van der Waals surface area (Å²) >= 11 is 0. The number of nitrogens with one attached hydrogen (secondary N) is 1. The predicted octanol–water partition coefficient (Wildman–Crippen LogP) is 1.24. The minimum atomic E-state index is -0.348. The smallest absolute Gasteiger partial charge is 0.257 e. The van der Waals surface area contributed by atoms with Crippen LogP contribution in [0.3, 0.4) is 0 Å². The van der Waals surface area contributed by atoms with Gasteiger partial charge in [-0.1, -0.05) is 0 Å². The highest BCUT2D eigenvalue weighted by molar-refractivity contribution is 6.07. The van der Waals surface area contributed by atoms with Crippen molar-refractivity contribution in [1.82, 2.24) is 9.88 Å². The highest BCUT2D eigenvalue weighted by Crippen LogP contribution is 2.21. The molecular weight excluding hydrogens is 242 g/mol. The summed E-state index contributed by atoms with van der Waals surface area (Å²) in [6.45, 7) is -0.234. The zero-order valence-electron chi connectivity index (χ0n) is 10.1. The zero-order chi connectivity index (χ0) is 13.8. The average molecular weight is 253 g/mol. The van der Waals surface area contributed by atoms with E-state index < -0.39 is 0 Å². The SMILES string of the molecule is N#CCN(CC#N)C(=O)c1c[nH]c2cc(N)ccc12. The Morgan fingerprint density at radius 3 is 2.63 bits per heavy atom. The van der Waals surface area contributed by atoms with Gasteiger partial charge in [-0.15, -0.1) is 0 Å². The Labute approximate surface area is 109 Å². The lowest BCUT2D eigenvalue weighted by Gasteiger charge is -2.14. The molecule has 0 saturated heterocycles. The molecule has 0 aliphatic rings. The van der Waals surface area contributed by atoms with Gasteiger partial charge in [0.25, 0.3) is 5.91 Å². The Hall–Kier alpha value is -2.99. The second-order valence-corrected chi connectivity index (χ2v) is 3.98. The summed E-state index contributed by atoms with van der Waals surface area (Å²) < 4.78 is 0. The number of aromatic nitrogens is 1. The first-order valence-corrected chi connectivity index (χ1v) is 5.57. The Morgan fingerprint density at radius 2 is 2.00 bits per heavy atom. The fraction of sp³-hybridized carbons (Fsp3) is 0.154. The first-order chi connectivity index (χ1) is 9.17. The van der Waals surface area contributed by atoms with Crippen molar-refractivity contribution < 1.29 is 4.79 Å². The van der Waals surface area contributed by atoms with Crippen molar-refractivity contribution in [3.8, 4) is 12.1 Å². The number of benzene rings is 1. The van der Waals surface area contributed by atoms with E-state index in [0.717, 1.165) is 10.9 Å². The summed E-state index contributed by atoms with van der Waals surface area (Å²) in [5.74, 6) is -0.348. The van der Waals surface area contributed by atoms with Crippen molar-refractivity contribution in [2.24, 2.45) is 0 Å². The van der Waals surface area contributed by atoms with Gasteiger partial charge in [-0.3, -0.25) is 4.79 Å². The fourth-order valence-electron chi connectivity index (χ4n) is 1.86. The second kappa shape index (κ2) is 5.11. The molecule has 3 N–H and O–H groups in total. The zero-order valence-corrected chi connectivity index (χ0v) is 10.1. The average Bonchev–Trinajstić information content (AvgIpc) is 2.80. The van der Waals surface area contributed by atoms with Gasteiger partial charge in [-0.25, -0.2) is 0 Å². The highest BCUT2D eigenvalue weighted by Gasteiger charge is 2.18. The van der Waals surface area contributed by atoms with E-state index >= 15 is 0 Å². The van der Waals surface area contributed by atoms with Crippen LogP contribution in [0.25, 0.3) is 10.9 Å². The number of carbonyl (C=O) groups excluding carboxylic acids is 1. The Morgan fingerprint density at radius 1 is 1.32 bits per heavy atom. The van der Waals surface area contributed by atoms with Crippen LogP contribution in [-0.4, -0.2) is 28.9 Å². The van der Waals surface area contributed by atoms with Crippen molar-refractivity contribution in [2.75, 3.05) is 18.8 Å². The molecule has 1 heterocycles. The Kier molecular flexibility index (Phi) is 3.35. The summed E-state index contributed by atoms with van der Waals surface area (Å²) in [5.41, 5.74) is 7.44. The van der Waals surface area contributed by atoms with Gasteiger partial charge < -0.3 is 15.6 Å². The summed E-state index contributed by atoms with van der Waals surface area (Å²) in [6.07, 6.45) is 1.56. The molecule has 0 radical (unpaired) electrons. The van der Waals surface area contributed by atoms with Gasteiger partial charge in [0.05, 0.1) is 17.7 Å². The second-order valence-electron chi connectivity index (χ2n) is 3.98. The molecule has 0 saturated carbocycles. The van der Waals surface area contributed by atoms with E-state index in [1.54, 1.807) is 24.4 Å². The molecular formula is C13H11N5O. The molecule has 1 aromatic heterocycles. The van der Waals surface area contributed by atoms with Gasteiger partial charge >= 0.3 is 0 Å². The number of nitrogens with zero attached hydrogens (tertiary/aromatic N) is 3. The molecule has 2 rings (SSSR count). The van der Waals surface area contributed by atoms with E-state index in [-0.39, 0.29) is 19.0 Å². The van der Waals surface area contributed by atoms with Gasteiger partial charge in [0.1, 0.15) is 13.1 Å². The van der Waals surface area contributed by atoms with Crippen LogP contribution < -0.4 is 5.73 Å². The number of hydrogen-bond acceptors (Lipinski definition) is 4. The molecule has 1 amide bonds. The molecule has 0 atom stereocenters. The third-order valence-electron chi connectivity index (χ3n) is 2.75. The van der Waals surface area contributed by atoms with Crippen LogP contribution in [0.4, 0.5) is 5.69 Å². The largest absolute Gasteiger partial charge is 0.399 e. The molecule has 1 aromatic carbocycles. The minimum Gasteiger partial charge on any atom is -0.399 e. The lowest BCUT2D eigenvalue weighted by atomic mass is 10.1. The van der Waals surface area contributed by atoms with Crippen molar-refractivity contribution >= 4 is 22.5 Å². The number of rotatable bonds is 3. The van der Waals surface area contributed by atoms with Crippen LogP contribution in [-0.2, 0) is 0 Å². The number of anilines is 1. The van der Waals surface area contributed by atoms with Crippen molar-refractivity contribution in [1.29, 1.82) is 10.5 Å². The van der Waals surface area contributed by atoms with Crippen molar-refractivity contribution in [3.05, 3.63) is 30.0 Å². The number of nitriles is 2. The monoisotopic (exact) mass is 253 g/mol. The first kappa shape index (κ1) is 12.5. The molecule has 0 unspecified atom stereocenters. The molecule has 94 valence electrons. The topological polar surface area (TPSA) is 110 Å². The third-order valence-corrected chi connectivity index (χ3v) is 2.75. The normalized spacial score (nSPS) is 9.79. The molecule has 6 heteroatoms. The molecule has 0 aliphatic heterocycles. The third kappa shape index (κ3) is 2.33. The van der Waals surface area contributed by atoms with Crippen LogP contribution in [0, 0.1) is 22.7 Å². The Bertz CT molecular complexity index is 688. The standard InChI is InChI=1S/C13H11N5O/c14-3-5-18(6-4-15)13(19)11-8-17-12-7-9(16)1-2-10(11)12/h1-2,7-8,17H,5-6,16H2. The summed E-state index contributed by atoms with van der Waals surface area (Å²) in [7, 11) is 0. The van der Waals surface area contributed by atoms with Crippen molar-refractivity contribution in [3.63, 3.8) is 0 Å². The minimum absolute atomic E-state index is 0.117. The van der Waals surface area contributed by atoms with Crippen molar-refractivity contribution in [2.45, 2.75) is 0 Å². The van der Waals surface area contributed by atoms with Gasteiger partial charge in [-0.2, -0.15) is 10.5 Å². The molecule has 2 aromatic rings. The Balaban J connectivity index is 2.41. The number of carbonyl (C=O) groups is 1. The highest BCUT2D eigenvalue weighted by atomic mass is 16.2. The van der Waals surface area contributed by atoms with Crippen LogP contribution in [0.5, 0.6) is 0 Å². The molecule has 0 bridgehead atoms. The van der Waals surface area contributed by atoms with Gasteiger partial charge in [0.2, 0.25) is 0 Å². The summed E-state index contributed by atoms with van der Waals surface area (Å²) in [6, 6.07) is 8.92. The molecule has 0 aliphatic carbocycles. The number of hydrogen-bond donors (Lipinski definition) is 2. The van der Waals surface area contributed by atoms with E-state index in [9.17, 15) is 4.79 Å². The van der Waals surface area contributed by atoms with E-state index in [2.05, 4.69) is 4.98 Å². The number of nitrogen functional groups attached to an aromatic ring is 1.